The van der Waals surface area contributed by atoms with Gasteiger partial charge in [0, 0.05) is 36.0 Å². The molecule has 0 bridgehead atoms. The largest absolute Gasteiger partial charge is 0.427 e. The number of esters is 1. The van der Waals surface area contributed by atoms with Gasteiger partial charge in [0.05, 0.1) is 4.92 Å². The number of fused-ring (bicyclic) bond motifs is 1. The average molecular weight is 381 g/mol. The highest BCUT2D eigenvalue weighted by Crippen LogP contribution is 2.49. The molecule has 8 heteroatoms. The number of hydrogen-bond donors (Lipinski definition) is 2. The van der Waals surface area contributed by atoms with Crippen LogP contribution in [0.1, 0.15) is 31.4 Å². The first-order valence-electron chi connectivity index (χ1n) is 8.64. The van der Waals surface area contributed by atoms with Crippen LogP contribution < -0.4 is 15.4 Å². The van der Waals surface area contributed by atoms with Gasteiger partial charge in [0.25, 0.3) is 5.69 Å². The predicted octanol–water partition coefficient (Wildman–Crippen LogP) is 3.72. The molecular weight excluding hydrogens is 362 g/mol. The van der Waals surface area contributed by atoms with Gasteiger partial charge in [0.15, 0.2) is 0 Å². The van der Waals surface area contributed by atoms with Crippen molar-refractivity contribution < 1.29 is 19.2 Å². The molecule has 2 aromatic rings. The van der Waals surface area contributed by atoms with Crippen molar-refractivity contribution in [2.75, 3.05) is 10.6 Å². The summed E-state index contributed by atoms with van der Waals surface area (Å²) in [6.45, 7) is 6.76. The molecule has 1 heterocycles. The molecule has 28 heavy (non-hydrogen) atoms. The maximum Gasteiger partial charge on any atom is 0.308 e. The van der Waals surface area contributed by atoms with E-state index in [1.54, 1.807) is 18.2 Å². The van der Waals surface area contributed by atoms with E-state index < -0.39 is 16.3 Å². The lowest BCUT2D eigenvalue weighted by Gasteiger charge is -2.29. The molecule has 0 radical (unpaired) electrons. The van der Waals surface area contributed by atoms with Crippen LogP contribution in [0.3, 0.4) is 0 Å². The van der Waals surface area contributed by atoms with Crippen LogP contribution in [0.5, 0.6) is 5.75 Å². The molecule has 2 aromatic carbocycles. The Morgan fingerprint density at radius 3 is 2.68 bits per heavy atom. The highest BCUT2D eigenvalue weighted by Gasteiger charge is 2.49. The third kappa shape index (κ3) is 2.98. The van der Waals surface area contributed by atoms with Crippen LogP contribution in [0, 0.1) is 10.1 Å². The van der Waals surface area contributed by atoms with Gasteiger partial charge in [-0.15, -0.1) is 0 Å². The third-order valence-electron chi connectivity index (χ3n) is 4.81. The van der Waals surface area contributed by atoms with Crippen molar-refractivity contribution in [2.24, 2.45) is 0 Å². The summed E-state index contributed by atoms with van der Waals surface area (Å²) in [5.74, 6) is -0.526. The van der Waals surface area contributed by atoms with E-state index in [9.17, 15) is 19.7 Å². The summed E-state index contributed by atoms with van der Waals surface area (Å²) in [6.07, 6.45) is 1.80. The fourth-order valence-corrected chi connectivity index (χ4v) is 3.61. The molecule has 0 saturated carbocycles. The summed E-state index contributed by atoms with van der Waals surface area (Å²) in [6, 6.07) is 9.16. The number of anilines is 2. The second-order valence-electron chi connectivity index (χ2n) is 6.35. The Labute approximate surface area is 161 Å². The summed E-state index contributed by atoms with van der Waals surface area (Å²) in [5, 5.41) is 17.1. The van der Waals surface area contributed by atoms with E-state index in [2.05, 4.69) is 17.2 Å². The predicted molar refractivity (Wildman–Crippen MR) is 104 cm³/mol. The Balaban J connectivity index is 2.29. The Bertz CT molecular complexity index is 1000. The van der Waals surface area contributed by atoms with Crippen LogP contribution in [0.25, 0.3) is 0 Å². The minimum absolute atomic E-state index is 0.109. The normalized spacial score (nSPS) is 17.4. The maximum absolute atomic E-state index is 13.1. The first-order valence-corrected chi connectivity index (χ1v) is 8.64. The van der Waals surface area contributed by atoms with Gasteiger partial charge in [-0.25, -0.2) is 0 Å². The molecule has 1 unspecified atom stereocenters. The van der Waals surface area contributed by atoms with Crippen molar-refractivity contribution in [1.82, 2.24) is 0 Å². The number of benzene rings is 2. The number of non-ortho nitro benzene ring substituents is 1. The molecule has 0 saturated heterocycles. The van der Waals surface area contributed by atoms with E-state index in [1.807, 2.05) is 6.92 Å². The number of nitrogens with one attached hydrogen (secondary N) is 2. The van der Waals surface area contributed by atoms with E-state index in [1.165, 1.54) is 31.3 Å². The number of nitro groups is 1. The number of ether oxygens (including phenoxy) is 1. The van der Waals surface area contributed by atoms with Gasteiger partial charge >= 0.3 is 5.97 Å². The minimum Gasteiger partial charge on any atom is -0.427 e. The highest BCUT2D eigenvalue weighted by molar-refractivity contribution is 6.09. The molecule has 8 nitrogen and oxygen atoms in total. The molecular formula is C20H19N3O5. The quantitative estimate of drug-likeness (QED) is 0.341. The van der Waals surface area contributed by atoms with Gasteiger partial charge in [0.1, 0.15) is 11.2 Å². The zero-order valence-electron chi connectivity index (χ0n) is 15.4. The SMILES string of the molecule is C=CNc1ccc(OC(C)=O)cc1C1(CC)C(=O)Nc2ccc([N+](=O)[O-])cc21. The zero-order chi connectivity index (χ0) is 20.5. The lowest BCUT2D eigenvalue weighted by atomic mass is 9.72. The van der Waals surface area contributed by atoms with Crippen molar-refractivity contribution in [2.45, 2.75) is 25.7 Å². The first-order chi connectivity index (χ1) is 13.3. The Kier molecular flexibility index (Phi) is 4.87. The summed E-state index contributed by atoms with van der Waals surface area (Å²) >= 11 is 0. The van der Waals surface area contributed by atoms with Crippen LogP contribution in [0.15, 0.2) is 49.2 Å². The van der Waals surface area contributed by atoms with E-state index >= 15 is 0 Å². The van der Waals surface area contributed by atoms with E-state index in [0.29, 0.717) is 28.9 Å². The standard InChI is InChI=1S/C20H19N3O5/c1-4-20(15-10-13(23(26)27)6-8-18(15)22-19(20)25)16-11-14(28-12(3)24)7-9-17(16)21-5-2/h5-11,21H,2,4H2,1,3H3,(H,22,25). The monoisotopic (exact) mass is 381 g/mol. The molecule has 1 aliphatic rings. The maximum atomic E-state index is 13.1. The fraction of sp³-hybridized carbons (Fsp3) is 0.200. The molecule has 144 valence electrons. The fourth-order valence-electron chi connectivity index (χ4n) is 3.61. The van der Waals surface area contributed by atoms with Crippen LogP contribution in [-0.4, -0.2) is 16.8 Å². The molecule has 0 fully saturated rings. The Morgan fingerprint density at radius 1 is 1.32 bits per heavy atom. The van der Waals surface area contributed by atoms with Gasteiger partial charge < -0.3 is 15.4 Å². The molecule has 0 spiro atoms. The number of carbonyl (C=O) groups excluding carboxylic acids is 2. The summed E-state index contributed by atoms with van der Waals surface area (Å²) in [4.78, 5) is 35.3. The zero-order valence-corrected chi connectivity index (χ0v) is 15.4. The topological polar surface area (TPSA) is 111 Å². The van der Waals surface area contributed by atoms with Crippen molar-refractivity contribution in [3.63, 3.8) is 0 Å². The van der Waals surface area contributed by atoms with Crippen molar-refractivity contribution in [3.05, 3.63) is 70.4 Å². The van der Waals surface area contributed by atoms with Gasteiger partial charge in [-0.3, -0.25) is 19.7 Å². The Hall–Kier alpha value is -3.68. The van der Waals surface area contributed by atoms with Gasteiger partial charge in [-0.1, -0.05) is 13.5 Å². The van der Waals surface area contributed by atoms with Gasteiger partial charge in [0.2, 0.25) is 5.91 Å². The van der Waals surface area contributed by atoms with Crippen LogP contribution in [0.2, 0.25) is 0 Å². The van der Waals surface area contributed by atoms with Crippen LogP contribution >= 0.6 is 0 Å². The van der Waals surface area contributed by atoms with Gasteiger partial charge in [-0.05, 0) is 42.4 Å². The molecule has 3 rings (SSSR count). The van der Waals surface area contributed by atoms with Crippen molar-refractivity contribution in [1.29, 1.82) is 0 Å². The van der Waals surface area contributed by atoms with E-state index in [-0.39, 0.29) is 17.3 Å². The Morgan fingerprint density at radius 2 is 2.07 bits per heavy atom. The molecule has 0 aromatic heterocycles. The second-order valence-corrected chi connectivity index (χ2v) is 6.35. The summed E-state index contributed by atoms with van der Waals surface area (Å²) in [5.41, 5.74) is 0.833. The summed E-state index contributed by atoms with van der Waals surface area (Å²) < 4.78 is 5.19. The molecule has 1 aliphatic heterocycles. The number of nitro benzene ring substituents is 1. The van der Waals surface area contributed by atoms with E-state index in [0.717, 1.165) is 0 Å². The number of hydrogen-bond acceptors (Lipinski definition) is 6. The van der Waals surface area contributed by atoms with Crippen molar-refractivity contribution in [3.8, 4) is 5.75 Å². The second kappa shape index (κ2) is 7.15. The highest BCUT2D eigenvalue weighted by atomic mass is 16.6. The number of amides is 1. The van der Waals surface area contributed by atoms with Crippen molar-refractivity contribution >= 4 is 28.9 Å². The smallest absolute Gasteiger partial charge is 0.308 e. The number of nitrogens with zero attached hydrogens (tertiary/aromatic N) is 1. The number of rotatable bonds is 6. The lowest BCUT2D eigenvalue weighted by Crippen LogP contribution is -2.35. The number of carbonyl (C=O) groups is 2. The molecule has 1 amide bonds. The third-order valence-corrected chi connectivity index (χ3v) is 4.81. The molecule has 2 N–H and O–H groups in total. The summed E-state index contributed by atoms with van der Waals surface area (Å²) in [7, 11) is 0. The van der Waals surface area contributed by atoms with Gasteiger partial charge in [-0.2, -0.15) is 0 Å². The first kappa shape index (κ1) is 19.1. The lowest BCUT2D eigenvalue weighted by molar-refractivity contribution is -0.384. The average Bonchev–Trinajstić information content (AvgIpc) is 2.93. The van der Waals surface area contributed by atoms with E-state index in [4.69, 9.17) is 4.74 Å². The minimum atomic E-state index is -1.19. The molecule has 0 aliphatic carbocycles. The van der Waals surface area contributed by atoms with Crippen LogP contribution in [-0.2, 0) is 15.0 Å². The molecule has 1 atom stereocenters. The van der Waals surface area contributed by atoms with Crippen LogP contribution in [0.4, 0.5) is 17.1 Å².